The van der Waals surface area contributed by atoms with Crippen LogP contribution >= 0.6 is 0 Å². The molecule has 0 fully saturated rings. The molecule has 0 amide bonds. The minimum Gasteiger partial charge on any atom is -0.483 e. The van der Waals surface area contributed by atoms with Gasteiger partial charge in [-0.2, -0.15) is 0 Å². The lowest BCUT2D eigenvalue weighted by Crippen LogP contribution is -1.98. The summed E-state index contributed by atoms with van der Waals surface area (Å²) in [4.78, 5) is 10.1. The Morgan fingerprint density at radius 1 is 1.64 bits per heavy atom. The van der Waals surface area contributed by atoms with Gasteiger partial charge in [0, 0.05) is 6.07 Å². The Bertz CT molecular complexity index is 360. The van der Waals surface area contributed by atoms with Gasteiger partial charge in [0.2, 0.25) is 0 Å². The Morgan fingerprint density at radius 2 is 2.36 bits per heavy atom. The number of nitrogens with zero attached hydrogens (tertiary/aromatic N) is 1. The molecule has 0 heterocycles. The fraction of sp³-hybridized carbons (Fsp3) is 0.200. The Balaban J connectivity index is 3.02. The van der Waals surface area contributed by atoms with Crippen molar-refractivity contribution in [2.75, 3.05) is 6.61 Å². The van der Waals surface area contributed by atoms with Crippen LogP contribution < -0.4 is 4.74 Å². The third-order valence-electron chi connectivity index (χ3n) is 1.67. The summed E-state index contributed by atoms with van der Waals surface area (Å²) >= 11 is 0. The Hall–Kier alpha value is -1.84. The van der Waals surface area contributed by atoms with Crippen molar-refractivity contribution in [2.24, 2.45) is 0 Å². The molecule has 0 unspecified atom stereocenters. The standard InChI is InChI=1S/C10H11NO3/c1-3-6-14-10-7-8(2)4-5-9(10)11(12)13/h3-5,7H,1,6H2,2H3. The third kappa shape index (κ3) is 2.32. The lowest BCUT2D eigenvalue weighted by molar-refractivity contribution is -0.385. The van der Waals surface area contributed by atoms with Gasteiger partial charge >= 0.3 is 5.69 Å². The molecular weight excluding hydrogens is 182 g/mol. The summed E-state index contributed by atoms with van der Waals surface area (Å²) in [7, 11) is 0. The highest BCUT2D eigenvalue weighted by atomic mass is 16.6. The minimum atomic E-state index is -0.460. The third-order valence-corrected chi connectivity index (χ3v) is 1.67. The Kier molecular flexibility index (Phi) is 3.23. The molecule has 4 nitrogen and oxygen atoms in total. The van der Waals surface area contributed by atoms with E-state index in [0.29, 0.717) is 0 Å². The number of nitro groups is 1. The van der Waals surface area contributed by atoms with E-state index in [1.54, 1.807) is 18.2 Å². The topological polar surface area (TPSA) is 52.4 Å². The smallest absolute Gasteiger partial charge is 0.310 e. The highest BCUT2D eigenvalue weighted by Crippen LogP contribution is 2.27. The van der Waals surface area contributed by atoms with Gasteiger partial charge in [0.25, 0.3) is 0 Å². The maximum atomic E-state index is 10.6. The van der Waals surface area contributed by atoms with Crippen LogP contribution in [0.25, 0.3) is 0 Å². The summed E-state index contributed by atoms with van der Waals surface area (Å²) in [6.45, 7) is 5.60. The van der Waals surface area contributed by atoms with E-state index in [1.165, 1.54) is 6.07 Å². The van der Waals surface area contributed by atoms with Gasteiger partial charge in [0.05, 0.1) is 4.92 Å². The first-order valence-electron chi connectivity index (χ1n) is 4.14. The normalized spacial score (nSPS) is 9.50. The molecule has 1 aromatic rings. The number of rotatable bonds is 4. The van der Waals surface area contributed by atoms with E-state index in [1.807, 2.05) is 6.92 Å². The lowest BCUT2D eigenvalue weighted by Gasteiger charge is -2.04. The first-order valence-corrected chi connectivity index (χ1v) is 4.14. The van der Waals surface area contributed by atoms with E-state index in [0.717, 1.165) is 5.56 Å². The van der Waals surface area contributed by atoms with Crippen LogP contribution in [0.1, 0.15) is 5.56 Å². The van der Waals surface area contributed by atoms with Gasteiger partial charge in [0.1, 0.15) is 6.61 Å². The Labute approximate surface area is 82.0 Å². The lowest BCUT2D eigenvalue weighted by atomic mass is 10.2. The molecular formula is C10H11NO3. The van der Waals surface area contributed by atoms with E-state index in [9.17, 15) is 10.1 Å². The number of benzene rings is 1. The zero-order chi connectivity index (χ0) is 10.6. The highest BCUT2D eigenvalue weighted by molar-refractivity contribution is 5.48. The second-order valence-electron chi connectivity index (χ2n) is 2.83. The monoisotopic (exact) mass is 193 g/mol. The second-order valence-corrected chi connectivity index (χ2v) is 2.83. The largest absolute Gasteiger partial charge is 0.483 e. The molecule has 14 heavy (non-hydrogen) atoms. The van der Waals surface area contributed by atoms with Crippen LogP contribution in [0.5, 0.6) is 5.75 Å². The van der Waals surface area contributed by atoms with Crippen LogP contribution in [0.3, 0.4) is 0 Å². The first kappa shape index (κ1) is 10.2. The molecule has 1 rings (SSSR count). The molecule has 0 saturated heterocycles. The van der Waals surface area contributed by atoms with E-state index in [2.05, 4.69) is 6.58 Å². The van der Waals surface area contributed by atoms with Gasteiger partial charge in [-0.3, -0.25) is 10.1 Å². The minimum absolute atomic E-state index is 0.0162. The first-order chi connectivity index (χ1) is 6.65. The maximum Gasteiger partial charge on any atom is 0.310 e. The van der Waals surface area contributed by atoms with Crippen LogP contribution in [0, 0.1) is 17.0 Å². The molecule has 0 aliphatic heterocycles. The fourth-order valence-electron chi connectivity index (χ4n) is 1.04. The molecule has 74 valence electrons. The molecule has 0 spiro atoms. The van der Waals surface area contributed by atoms with E-state index in [4.69, 9.17) is 4.74 Å². The number of hydrogen-bond donors (Lipinski definition) is 0. The van der Waals surface area contributed by atoms with Crippen LogP contribution in [-0.2, 0) is 0 Å². The summed E-state index contributed by atoms with van der Waals surface area (Å²) in [5, 5.41) is 10.6. The molecule has 4 heteroatoms. The molecule has 0 atom stereocenters. The predicted octanol–water partition coefficient (Wildman–Crippen LogP) is 2.47. The van der Waals surface area contributed by atoms with Crippen molar-refractivity contribution < 1.29 is 9.66 Å². The summed E-state index contributed by atoms with van der Waals surface area (Å²) in [6.07, 6.45) is 1.55. The fourth-order valence-corrected chi connectivity index (χ4v) is 1.04. The molecule has 0 aliphatic rings. The summed E-state index contributed by atoms with van der Waals surface area (Å²) < 4.78 is 5.17. The quantitative estimate of drug-likeness (QED) is 0.419. The molecule has 0 N–H and O–H groups in total. The van der Waals surface area contributed by atoms with Gasteiger partial charge in [-0.1, -0.05) is 18.7 Å². The summed E-state index contributed by atoms with van der Waals surface area (Å²) in [5.74, 6) is 0.287. The zero-order valence-corrected chi connectivity index (χ0v) is 7.90. The predicted molar refractivity (Wildman–Crippen MR) is 53.5 cm³/mol. The van der Waals surface area contributed by atoms with Crippen molar-refractivity contribution in [2.45, 2.75) is 6.92 Å². The molecule has 0 bridgehead atoms. The molecule has 1 aromatic carbocycles. The summed E-state index contributed by atoms with van der Waals surface area (Å²) in [5.41, 5.74) is 0.909. The van der Waals surface area contributed by atoms with Crippen LogP contribution in [-0.4, -0.2) is 11.5 Å². The molecule has 0 aliphatic carbocycles. The van der Waals surface area contributed by atoms with Gasteiger partial charge in [-0.15, -0.1) is 0 Å². The molecule has 0 saturated carbocycles. The number of nitro benzene ring substituents is 1. The average molecular weight is 193 g/mol. The van der Waals surface area contributed by atoms with Crippen molar-refractivity contribution >= 4 is 5.69 Å². The van der Waals surface area contributed by atoms with Crippen LogP contribution in [0.15, 0.2) is 30.9 Å². The Morgan fingerprint density at radius 3 is 2.93 bits per heavy atom. The van der Waals surface area contributed by atoms with Gasteiger partial charge < -0.3 is 4.74 Å². The summed E-state index contributed by atoms with van der Waals surface area (Å²) in [6, 6.07) is 4.76. The zero-order valence-electron chi connectivity index (χ0n) is 7.90. The van der Waals surface area contributed by atoms with Crippen LogP contribution in [0.4, 0.5) is 5.69 Å². The van der Waals surface area contributed by atoms with Crippen molar-refractivity contribution in [3.8, 4) is 5.75 Å². The van der Waals surface area contributed by atoms with E-state index >= 15 is 0 Å². The van der Waals surface area contributed by atoms with Crippen LogP contribution in [0.2, 0.25) is 0 Å². The van der Waals surface area contributed by atoms with Gasteiger partial charge in [-0.25, -0.2) is 0 Å². The number of hydrogen-bond acceptors (Lipinski definition) is 3. The average Bonchev–Trinajstić information content (AvgIpc) is 2.14. The van der Waals surface area contributed by atoms with E-state index < -0.39 is 4.92 Å². The van der Waals surface area contributed by atoms with Crippen molar-refractivity contribution in [1.82, 2.24) is 0 Å². The highest BCUT2D eigenvalue weighted by Gasteiger charge is 2.13. The van der Waals surface area contributed by atoms with Gasteiger partial charge in [0.15, 0.2) is 5.75 Å². The van der Waals surface area contributed by atoms with E-state index in [-0.39, 0.29) is 18.0 Å². The van der Waals surface area contributed by atoms with Gasteiger partial charge in [-0.05, 0) is 18.6 Å². The van der Waals surface area contributed by atoms with Crippen molar-refractivity contribution in [3.63, 3.8) is 0 Å². The maximum absolute atomic E-state index is 10.6. The second kappa shape index (κ2) is 4.41. The number of ether oxygens (including phenoxy) is 1. The molecule has 0 radical (unpaired) electrons. The van der Waals surface area contributed by atoms with Crippen molar-refractivity contribution in [3.05, 3.63) is 46.5 Å². The SMILES string of the molecule is C=CCOc1cc(C)ccc1[N+](=O)[O-]. The van der Waals surface area contributed by atoms with Crippen molar-refractivity contribution in [1.29, 1.82) is 0 Å². The number of aryl methyl sites for hydroxylation is 1. The molecule has 0 aromatic heterocycles.